The van der Waals surface area contributed by atoms with Crippen LogP contribution in [-0.4, -0.2) is 49.3 Å². The molecule has 0 fully saturated rings. The molecule has 572 valence electrons. The SMILES string of the molecule is CC/C=C\C/C=C\C/C=C\C/C=C\CCCCCCCCCCCCCCCCCCCCCCCCCCCCCCC(=O)OC(COC(=O)CCCCCCCCCCCCCCCCCCCCCCCCCCCCCCCCCCCCC)COP(=O)(O)OCCN. The van der Waals surface area contributed by atoms with Crippen LogP contribution in [-0.2, 0) is 32.7 Å². The highest BCUT2D eigenvalue weighted by Crippen LogP contribution is 2.43. The van der Waals surface area contributed by atoms with Crippen molar-refractivity contribution in [3.8, 4) is 0 Å². The van der Waals surface area contributed by atoms with Crippen molar-refractivity contribution in [2.24, 2.45) is 5.73 Å². The highest BCUT2D eigenvalue weighted by atomic mass is 31.2. The van der Waals surface area contributed by atoms with E-state index in [2.05, 4.69) is 62.5 Å². The average Bonchev–Trinajstić information content (AvgIpc) is 2.57. The maximum absolute atomic E-state index is 12.8. The van der Waals surface area contributed by atoms with Crippen LogP contribution >= 0.6 is 7.82 Å². The van der Waals surface area contributed by atoms with Crippen LogP contribution in [0.4, 0.5) is 0 Å². The number of esters is 2. The van der Waals surface area contributed by atoms with Crippen molar-refractivity contribution in [1.82, 2.24) is 0 Å². The maximum Gasteiger partial charge on any atom is 0.472 e. The fourth-order valence-electron chi connectivity index (χ4n) is 13.4. The Labute approximate surface area is 604 Å². The van der Waals surface area contributed by atoms with Crippen molar-refractivity contribution in [3.63, 3.8) is 0 Å². The van der Waals surface area contributed by atoms with Crippen LogP contribution in [0.5, 0.6) is 0 Å². The van der Waals surface area contributed by atoms with Crippen LogP contribution in [0.3, 0.4) is 0 Å². The van der Waals surface area contributed by atoms with Gasteiger partial charge in [0.15, 0.2) is 6.10 Å². The Kier molecular flexibility index (Phi) is 81.2. The van der Waals surface area contributed by atoms with Crippen LogP contribution in [0.25, 0.3) is 0 Å². The number of phosphoric acid groups is 1. The smallest absolute Gasteiger partial charge is 0.462 e. The van der Waals surface area contributed by atoms with Crippen molar-refractivity contribution in [2.45, 2.75) is 469 Å². The fraction of sp³-hybridized carbons (Fsp3) is 0.885. The van der Waals surface area contributed by atoms with Gasteiger partial charge < -0.3 is 20.1 Å². The lowest BCUT2D eigenvalue weighted by atomic mass is 10.0. The van der Waals surface area contributed by atoms with Crippen molar-refractivity contribution in [1.29, 1.82) is 0 Å². The topological polar surface area (TPSA) is 134 Å². The molecular weight excluding hydrogens is 1220 g/mol. The second-order valence-corrected chi connectivity index (χ2v) is 30.8. The third-order valence-electron chi connectivity index (χ3n) is 19.7. The number of hydrogen-bond donors (Lipinski definition) is 2. The molecule has 0 aliphatic rings. The van der Waals surface area contributed by atoms with Gasteiger partial charge >= 0.3 is 19.8 Å². The molecule has 0 aliphatic carbocycles. The van der Waals surface area contributed by atoms with Crippen molar-refractivity contribution in [2.75, 3.05) is 26.4 Å². The third kappa shape index (κ3) is 82.8. The zero-order chi connectivity index (χ0) is 70.0. The fourth-order valence-corrected chi connectivity index (χ4v) is 14.2. The monoisotopic (exact) mass is 1380 g/mol. The normalized spacial score (nSPS) is 13.0. The van der Waals surface area contributed by atoms with Crippen LogP contribution in [0, 0.1) is 0 Å². The lowest BCUT2D eigenvalue weighted by Gasteiger charge is -2.19. The summed E-state index contributed by atoms with van der Waals surface area (Å²) in [6.45, 7) is 3.73. The molecule has 0 aromatic rings. The number of carbonyl (C=O) groups excluding carboxylic acids is 2. The lowest BCUT2D eigenvalue weighted by molar-refractivity contribution is -0.161. The Hall–Kier alpha value is -2.03. The Morgan fingerprint density at radius 3 is 0.845 bits per heavy atom. The third-order valence-corrected chi connectivity index (χ3v) is 20.7. The molecule has 0 aromatic carbocycles. The van der Waals surface area contributed by atoms with Crippen LogP contribution in [0.15, 0.2) is 48.6 Å². The molecule has 3 N–H and O–H groups in total. The Morgan fingerprint density at radius 1 is 0.320 bits per heavy atom. The van der Waals surface area contributed by atoms with Gasteiger partial charge in [0.25, 0.3) is 0 Å². The number of rotatable bonds is 83. The molecule has 0 saturated heterocycles. The summed E-state index contributed by atoms with van der Waals surface area (Å²) in [5, 5.41) is 0. The van der Waals surface area contributed by atoms with E-state index in [-0.39, 0.29) is 38.6 Å². The molecule has 0 radical (unpaired) electrons. The number of ether oxygens (including phenoxy) is 2. The van der Waals surface area contributed by atoms with Gasteiger partial charge in [0.1, 0.15) is 6.61 Å². The first-order chi connectivity index (χ1) is 47.8. The molecule has 0 aliphatic heterocycles. The van der Waals surface area contributed by atoms with Crippen molar-refractivity contribution in [3.05, 3.63) is 48.6 Å². The van der Waals surface area contributed by atoms with E-state index in [9.17, 15) is 19.0 Å². The van der Waals surface area contributed by atoms with Crippen molar-refractivity contribution < 1.29 is 37.6 Å². The molecule has 2 atom stereocenters. The minimum absolute atomic E-state index is 0.0570. The second-order valence-electron chi connectivity index (χ2n) is 29.4. The number of nitrogens with two attached hydrogens (primary N) is 1. The highest BCUT2D eigenvalue weighted by molar-refractivity contribution is 7.47. The van der Waals surface area contributed by atoms with Gasteiger partial charge in [0.05, 0.1) is 13.2 Å². The summed E-state index contributed by atoms with van der Waals surface area (Å²) >= 11 is 0. The molecule has 0 spiro atoms. The van der Waals surface area contributed by atoms with Gasteiger partial charge in [-0.15, -0.1) is 0 Å². The first-order valence-corrected chi connectivity index (χ1v) is 44.6. The quantitative estimate of drug-likeness (QED) is 0.0264. The predicted octanol–water partition coefficient (Wildman–Crippen LogP) is 29.1. The second kappa shape index (κ2) is 82.9. The van der Waals surface area contributed by atoms with E-state index >= 15 is 0 Å². The number of allylic oxidation sites excluding steroid dienone is 8. The van der Waals surface area contributed by atoms with Gasteiger partial charge in [0.2, 0.25) is 0 Å². The summed E-state index contributed by atoms with van der Waals surface area (Å²) in [6, 6.07) is 0. The largest absolute Gasteiger partial charge is 0.472 e. The van der Waals surface area contributed by atoms with E-state index in [1.807, 2.05) is 0 Å². The van der Waals surface area contributed by atoms with E-state index in [1.54, 1.807) is 0 Å². The van der Waals surface area contributed by atoms with Gasteiger partial charge in [-0.05, 0) is 51.4 Å². The molecular formula is C87H166NO8P. The molecule has 2 unspecified atom stereocenters. The Balaban J connectivity index is 3.70. The maximum atomic E-state index is 12.8. The zero-order valence-electron chi connectivity index (χ0n) is 64.9. The molecule has 10 heteroatoms. The summed E-state index contributed by atoms with van der Waals surface area (Å²) in [6.07, 6.45) is 109. The van der Waals surface area contributed by atoms with Gasteiger partial charge in [0, 0.05) is 19.4 Å². The van der Waals surface area contributed by atoms with Gasteiger partial charge in [-0.2, -0.15) is 0 Å². The van der Waals surface area contributed by atoms with Gasteiger partial charge in [-0.25, -0.2) is 4.57 Å². The van der Waals surface area contributed by atoms with E-state index in [0.29, 0.717) is 6.42 Å². The molecule has 0 saturated carbocycles. The summed E-state index contributed by atoms with van der Waals surface area (Å²) in [4.78, 5) is 35.5. The predicted molar refractivity (Wildman–Crippen MR) is 423 cm³/mol. The van der Waals surface area contributed by atoms with Crippen LogP contribution in [0.1, 0.15) is 463 Å². The first kappa shape index (κ1) is 95.0. The molecule has 0 aromatic heterocycles. The van der Waals surface area contributed by atoms with E-state index in [4.69, 9.17) is 24.3 Å². The minimum Gasteiger partial charge on any atom is -0.462 e. The number of unbranched alkanes of at least 4 members (excludes halogenated alkanes) is 62. The molecule has 0 bridgehead atoms. The molecule has 0 amide bonds. The summed E-state index contributed by atoms with van der Waals surface area (Å²) < 4.78 is 33.3. The van der Waals surface area contributed by atoms with E-state index < -0.39 is 26.5 Å². The lowest BCUT2D eigenvalue weighted by Crippen LogP contribution is -2.29. The highest BCUT2D eigenvalue weighted by Gasteiger charge is 2.26. The molecule has 0 heterocycles. The Bertz CT molecular complexity index is 1730. The van der Waals surface area contributed by atoms with Gasteiger partial charge in [-0.1, -0.05) is 448 Å². The average molecular weight is 1390 g/mol. The number of phosphoric ester groups is 1. The molecule has 0 rings (SSSR count). The zero-order valence-corrected chi connectivity index (χ0v) is 65.7. The Morgan fingerprint density at radius 2 is 0.567 bits per heavy atom. The van der Waals surface area contributed by atoms with Crippen molar-refractivity contribution >= 4 is 19.8 Å². The molecule has 9 nitrogen and oxygen atoms in total. The number of carbonyl (C=O) groups is 2. The van der Waals surface area contributed by atoms with E-state index in [0.717, 1.165) is 57.8 Å². The van der Waals surface area contributed by atoms with Gasteiger partial charge in [-0.3, -0.25) is 18.6 Å². The first-order valence-electron chi connectivity index (χ1n) is 43.1. The van der Waals surface area contributed by atoms with Crippen LogP contribution in [0.2, 0.25) is 0 Å². The number of hydrogen-bond acceptors (Lipinski definition) is 8. The standard InChI is InChI=1S/C87H166NO8P/c1-3-5-7-9-11-13-15-17-19-21-23-25-27-29-31-33-35-37-39-40-41-42-43-44-46-48-50-52-54-56-58-60-62-64-66-68-70-72-74-76-78-80-87(90)96-85(84-95-97(91,92)94-82-81-88)83-93-86(89)79-77-75-73-71-69-67-65-63-61-59-57-55-53-51-49-47-45-38-36-34-32-30-28-26-24-22-20-18-16-14-12-10-8-6-4-2/h5,7,11,13,17,19,23,25,85H,3-4,6,8-10,12,14-16,18,20-22,24,26-84,88H2,1-2H3,(H,91,92)/b7-5-,13-11-,19-17-,25-23-. The summed E-state index contributed by atoms with van der Waals surface area (Å²) in [5.41, 5.74) is 5.42. The van der Waals surface area contributed by atoms with Crippen LogP contribution < -0.4 is 5.73 Å². The minimum atomic E-state index is -4.39. The molecule has 97 heavy (non-hydrogen) atoms. The summed E-state index contributed by atoms with van der Waals surface area (Å²) in [5.74, 6) is -0.797. The summed E-state index contributed by atoms with van der Waals surface area (Å²) in [7, 11) is -4.39. The van der Waals surface area contributed by atoms with E-state index in [1.165, 1.54) is 372 Å².